The number of halogens is 1. The van der Waals surface area contributed by atoms with Crippen LogP contribution in [0.1, 0.15) is 25.3 Å². The third-order valence-corrected chi connectivity index (χ3v) is 5.26. The van der Waals surface area contributed by atoms with Crippen LogP contribution in [-0.4, -0.2) is 36.8 Å². The molecule has 6 heteroatoms. The molecule has 0 N–H and O–H groups in total. The van der Waals surface area contributed by atoms with Gasteiger partial charge in [-0.25, -0.2) is 0 Å². The van der Waals surface area contributed by atoms with Gasteiger partial charge in [-0.05, 0) is 37.4 Å². The maximum absolute atomic E-state index is 13.2. The predicted octanol–water partition coefficient (Wildman–Crippen LogP) is 4.00. The Bertz CT molecular complexity index is 906. The van der Waals surface area contributed by atoms with Crippen molar-refractivity contribution in [2.24, 2.45) is 5.92 Å². The highest BCUT2D eigenvalue weighted by Gasteiger charge is 2.20. The Labute approximate surface area is 165 Å². The molecule has 1 aromatic heterocycles. The molecular weight excluding hydrogens is 364 g/mol. The molecule has 1 unspecified atom stereocenters. The fourth-order valence-electron chi connectivity index (χ4n) is 3.88. The second kappa shape index (κ2) is 8.36. The maximum Gasteiger partial charge on any atom is 0.255 e. The molecule has 1 aliphatic rings. The molecule has 0 saturated carbocycles. The van der Waals surface area contributed by atoms with Crippen LogP contribution in [0.15, 0.2) is 34.6 Å². The predicted molar refractivity (Wildman–Crippen MR) is 110 cm³/mol. The van der Waals surface area contributed by atoms with Gasteiger partial charge >= 0.3 is 0 Å². The molecule has 27 heavy (non-hydrogen) atoms. The zero-order chi connectivity index (χ0) is 19.6. The number of nitrogens with zero attached hydrogens (tertiary/aromatic N) is 2. The molecular formula is C21H27ClN2O3. The summed E-state index contributed by atoms with van der Waals surface area (Å²) < 4.78 is 12.5. The van der Waals surface area contributed by atoms with Crippen LogP contribution in [0, 0.1) is 5.92 Å². The first-order chi connectivity index (χ1) is 12.9. The Kier molecular flexibility index (Phi) is 6.12. The Hall–Kier alpha value is -1.98. The first-order valence-electron chi connectivity index (χ1n) is 9.27. The lowest BCUT2D eigenvalue weighted by molar-refractivity contribution is 0.176. The fourth-order valence-corrected chi connectivity index (χ4v) is 4.00. The van der Waals surface area contributed by atoms with Crippen LogP contribution in [-0.2, 0) is 13.1 Å². The van der Waals surface area contributed by atoms with Crippen LogP contribution in [0.4, 0.5) is 0 Å². The lowest BCUT2D eigenvalue weighted by atomic mass is 10.00. The van der Waals surface area contributed by atoms with E-state index in [2.05, 4.69) is 18.4 Å². The first kappa shape index (κ1) is 19.8. The van der Waals surface area contributed by atoms with Crippen molar-refractivity contribution in [1.29, 1.82) is 0 Å². The van der Waals surface area contributed by atoms with E-state index in [4.69, 9.17) is 21.1 Å². The molecule has 1 fully saturated rings. The highest BCUT2D eigenvalue weighted by Crippen LogP contribution is 2.32. The van der Waals surface area contributed by atoms with E-state index in [9.17, 15) is 4.79 Å². The molecule has 146 valence electrons. The molecule has 3 rings (SSSR count). The van der Waals surface area contributed by atoms with E-state index in [1.165, 1.54) is 12.8 Å². The van der Waals surface area contributed by atoms with E-state index in [1.54, 1.807) is 18.8 Å². The summed E-state index contributed by atoms with van der Waals surface area (Å²) >= 11 is 6.06. The van der Waals surface area contributed by atoms with E-state index < -0.39 is 0 Å². The maximum atomic E-state index is 13.2. The van der Waals surface area contributed by atoms with Crippen LogP contribution in [0.2, 0.25) is 0 Å². The molecule has 0 radical (unpaired) electrons. The topological polar surface area (TPSA) is 43.7 Å². The van der Waals surface area contributed by atoms with Gasteiger partial charge in [-0.15, -0.1) is 0 Å². The van der Waals surface area contributed by atoms with E-state index in [-0.39, 0.29) is 12.1 Å². The number of ether oxygens (including phenoxy) is 2. The van der Waals surface area contributed by atoms with Gasteiger partial charge in [-0.1, -0.05) is 25.1 Å². The lowest BCUT2D eigenvalue weighted by Gasteiger charge is -2.30. The summed E-state index contributed by atoms with van der Waals surface area (Å²) in [6, 6.07) is 5.69. The summed E-state index contributed by atoms with van der Waals surface area (Å²) in [7, 11) is 3.19. The minimum absolute atomic E-state index is 0.0326. The van der Waals surface area contributed by atoms with Crippen LogP contribution in [0.3, 0.4) is 0 Å². The van der Waals surface area contributed by atoms with Gasteiger partial charge in [0, 0.05) is 35.1 Å². The van der Waals surface area contributed by atoms with E-state index in [1.807, 2.05) is 18.2 Å². The van der Waals surface area contributed by atoms with Gasteiger partial charge < -0.3 is 14.0 Å². The van der Waals surface area contributed by atoms with Crippen LogP contribution < -0.4 is 15.0 Å². The number of likely N-dealkylation sites (tertiary alicyclic amines) is 1. The van der Waals surface area contributed by atoms with E-state index in [0.29, 0.717) is 29.0 Å². The summed E-state index contributed by atoms with van der Waals surface area (Å²) in [5, 5.41) is 1.34. The number of piperidine rings is 1. The summed E-state index contributed by atoms with van der Waals surface area (Å²) in [6.45, 7) is 8.98. The minimum atomic E-state index is -0.0326. The van der Waals surface area contributed by atoms with Crippen molar-refractivity contribution in [1.82, 2.24) is 9.47 Å². The smallest absolute Gasteiger partial charge is 0.255 e. The number of benzene rings is 1. The number of methoxy groups -OCH3 is 2. The number of rotatable bonds is 6. The van der Waals surface area contributed by atoms with Crippen molar-refractivity contribution in [2.45, 2.75) is 32.9 Å². The second-order valence-electron chi connectivity index (χ2n) is 7.33. The number of hydrogen-bond donors (Lipinski definition) is 0. The quantitative estimate of drug-likeness (QED) is 0.747. The largest absolute Gasteiger partial charge is 0.493 e. The molecule has 2 aromatic rings. The van der Waals surface area contributed by atoms with Gasteiger partial charge in [0.05, 0.1) is 26.3 Å². The Morgan fingerprint density at radius 1 is 1.26 bits per heavy atom. The molecule has 0 spiro atoms. The van der Waals surface area contributed by atoms with Crippen molar-refractivity contribution >= 4 is 22.5 Å². The van der Waals surface area contributed by atoms with Crippen molar-refractivity contribution < 1.29 is 9.47 Å². The van der Waals surface area contributed by atoms with E-state index in [0.717, 1.165) is 29.6 Å². The zero-order valence-electron chi connectivity index (χ0n) is 16.3. The number of allylic oxidation sites excluding steroid dienone is 1. The number of pyridine rings is 1. The molecule has 1 aromatic carbocycles. The van der Waals surface area contributed by atoms with Gasteiger partial charge in [0.25, 0.3) is 5.56 Å². The number of aromatic nitrogens is 1. The Morgan fingerprint density at radius 2 is 1.96 bits per heavy atom. The van der Waals surface area contributed by atoms with Crippen molar-refractivity contribution in [3.05, 3.63) is 45.7 Å². The minimum Gasteiger partial charge on any atom is -0.493 e. The fraction of sp³-hybridized carbons (Fsp3) is 0.476. The normalized spacial score (nSPS) is 17.9. The molecule has 2 heterocycles. The Balaban J connectivity index is 2.12. The molecule has 0 aliphatic carbocycles. The lowest BCUT2D eigenvalue weighted by Crippen LogP contribution is -2.36. The number of fused-ring (bicyclic) bond motifs is 1. The monoisotopic (exact) mass is 390 g/mol. The molecule has 1 atom stereocenters. The zero-order valence-corrected chi connectivity index (χ0v) is 17.0. The van der Waals surface area contributed by atoms with Crippen LogP contribution in [0.5, 0.6) is 11.5 Å². The van der Waals surface area contributed by atoms with E-state index >= 15 is 0 Å². The van der Waals surface area contributed by atoms with Crippen molar-refractivity contribution in [2.75, 3.05) is 27.3 Å². The first-order valence-corrected chi connectivity index (χ1v) is 9.64. The van der Waals surface area contributed by atoms with Crippen molar-refractivity contribution in [3.63, 3.8) is 0 Å². The summed E-state index contributed by atoms with van der Waals surface area (Å²) in [4.78, 5) is 15.6. The highest BCUT2D eigenvalue weighted by molar-refractivity contribution is 6.29. The van der Waals surface area contributed by atoms with Gasteiger partial charge in [-0.2, -0.15) is 0 Å². The molecule has 1 aliphatic heterocycles. The Morgan fingerprint density at radius 3 is 2.59 bits per heavy atom. The molecule has 1 saturated heterocycles. The van der Waals surface area contributed by atoms with Gasteiger partial charge in [0.2, 0.25) is 0 Å². The summed E-state index contributed by atoms with van der Waals surface area (Å²) in [5.74, 6) is 1.88. The van der Waals surface area contributed by atoms with Crippen LogP contribution >= 0.6 is 11.6 Å². The molecule has 5 nitrogen and oxygen atoms in total. The standard InChI is InChI=1S/C21H27ClN2O3/c1-14-6-5-7-23(11-14)13-17-8-16-9-19(26-3)20(27-4)10-18(16)24(21(17)25)12-15(2)22/h8-10,14H,2,5-7,11-13H2,1,3-4H3. The third-order valence-electron chi connectivity index (χ3n) is 5.14. The van der Waals surface area contributed by atoms with Gasteiger partial charge in [0.1, 0.15) is 0 Å². The number of hydrogen-bond acceptors (Lipinski definition) is 4. The summed E-state index contributed by atoms with van der Waals surface area (Å²) in [5.41, 5.74) is 1.49. The van der Waals surface area contributed by atoms with Gasteiger partial charge in [0.15, 0.2) is 11.5 Å². The SMILES string of the molecule is C=C(Cl)Cn1c(=O)c(CN2CCCC(C)C2)cc2cc(OC)c(OC)cc21. The average molecular weight is 391 g/mol. The van der Waals surface area contributed by atoms with Crippen molar-refractivity contribution in [3.8, 4) is 11.5 Å². The summed E-state index contributed by atoms with van der Waals surface area (Å²) in [6.07, 6.45) is 2.42. The second-order valence-corrected chi connectivity index (χ2v) is 7.86. The van der Waals surface area contributed by atoms with Crippen LogP contribution in [0.25, 0.3) is 10.9 Å². The average Bonchev–Trinajstić information content (AvgIpc) is 2.64. The molecule has 0 bridgehead atoms. The molecule has 0 amide bonds. The third kappa shape index (κ3) is 4.30. The van der Waals surface area contributed by atoms with Gasteiger partial charge in [-0.3, -0.25) is 9.69 Å². The highest BCUT2D eigenvalue weighted by atomic mass is 35.5.